The zero-order valence-corrected chi connectivity index (χ0v) is 26.5. The SMILES string of the molecule is Fc1ccc(-c2ccc(-c3ccc(CCCCCCCc4ccc(-c5ccc(-c6ccc(F)c(F)c6)c(F)c5)cc4)cc3)s2)cc1F. The number of unbranched alkanes of at least 4 members (excludes halogenated alkanes) is 4. The van der Waals surface area contributed by atoms with Gasteiger partial charge in [-0.2, -0.15) is 0 Å². The molecule has 1 aromatic heterocycles. The van der Waals surface area contributed by atoms with Crippen LogP contribution in [0.15, 0.2) is 115 Å². The van der Waals surface area contributed by atoms with Crippen molar-refractivity contribution in [3.63, 3.8) is 0 Å². The summed E-state index contributed by atoms with van der Waals surface area (Å²) in [6, 6.07) is 32.9. The molecule has 0 spiro atoms. The molecular formula is C41H33F5S. The molecule has 1 heterocycles. The van der Waals surface area contributed by atoms with Crippen molar-refractivity contribution >= 4 is 11.3 Å². The maximum absolute atomic E-state index is 14.8. The summed E-state index contributed by atoms with van der Waals surface area (Å²) in [6.07, 6.45) is 7.80. The van der Waals surface area contributed by atoms with Crippen molar-refractivity contribution in [3.8, 4) is 43.1 Å². The Morgan fingerprint density at radius 2 is 0.787 bits per heavy atom. The van der Waals surface area contributed by atoms with Crippen LogP contribution in [0.25, 0.3) is 43.1 Å². The third-order valence-corrected chi connectivity index (χ3v) is 9.65. The summed E-state index contributed by atoms with van der Waals surface area (Å²) in [6.45, 7) is 0. The van der Waals surface area contributed by atoms with Gasteiger partial charge in [0.1, 0.15) is 5.82 Å². The van der Waals surface area contributed by atoms with E-state index in [-0.39, 0.29) is 5.56 Å². The number of hydrogen-bond acceptors (Lipinski definition) is 1. The van der Waals surface area contributed by atoms with Crippen LogP contribution >= 0.6 is 11.3 Å². The number of rotatable bonds is 12. The van der Waals surface area contributed by atoms with E-state index in [1.54, 1.807) is 29.5 Å². The Balaban J connectivity index is 0.911. The molecule has 0 unspecified atom stereocenters. The topological polar surface area (TPSA) is 0 Å². The molecular weight excluding hydrogens is 620 g/mol. The van der Waals surface area contributed by atoms with Crippen LogP contribution in [0.4, 0.5) is 22.0 Å². The Bertz CT molecular complexity index is 1960. The lowest BCUT2D eigenvalue weighted by Crippen LogP contribution is -1.90. The first-order valence-corrected chi connectivity index (χ1v) is 16.6. The molecule has 0 amide bonds. The zero-order chi connectivity index (χ0) is 32.8. The fourth-order valence-corrected chi connectivity index (χ4v) is 6.79. The van der Waals surface area contributed by atoms with E-state index in [4.69, 9.17) is 0 Å². The fraction of sp³-hybridized carbons (Fsp3) is 0.171. The normalized spacial score (nSPS) is 11.3. The van der Waals surface area contributed by atoms with Gasteiger partial charge < -0.3 is 0 Å². The van der Waals surface area contributed by atoms with Gasteiger partial charge in [0.2, 0.25) is 0 Å². The van der Waals surface area contributed by atoms with E-state index in [1.807, 2.05) is 24.3 Å². The van der Waals surface area contributed by atoms with Crippen molar-refractivity contribution in [2.75, 3.05) is 0 Å². The highest BCUT2D eigenvalue weighted by Gasteiger charge is 2.11. The van der Waals surface area contributed by atoms with E-state index in [9.17, 15) is 22.0 Å². The van der Waals surface area contributed by atoms with Gasteiger partial charge in [0.25, 0.3) is 0 Å². The second-order valence-electron chi connectivity index (χ2n) is 11.8. The van der Waals surface area contributed by atoms with Gasteiger partial charge >= 0.3 is 0 Å². The Morgan fingerprint density at radius 3 is 1.36 bits per heavy atom. The third kappa shape index (κ3) is 8.06. The Hall–Kier alpha value is -4.55. The molecule has 6 aromatic rings. The highest BCUT2D eigenvalue weighted by atomic mass is 32.1. The van der Waals surface area contributed by atoms with Crippen LogP contribution in [0, 0.1) is 29.1 Å². The summed E-state index contributed by atoms with van der Waals surface area (Å²) in [5.74, 6) is -4.11. The van der Waals surface area contributed by atoms with Crippen LogP contribution in [0.2, 0.25) is 0 Å². The van der Waals surface area contributed by atoms with E-state index in [0.29, 0.717) is 11.1 Å². The average molecular weight is 653 g/mol. The second-order valence-corrected chi connectivity index (χ2v) is 12.9. The first kappa shape index (κ1) is 32.4. The highest BCUT2D eigenvalue weighted by Crippen LogP contribution is 2.35. The van der Waals surface area contributed by atoms with Gasteiger partial charge in [-0.25, -0.2) is 22.0 Å². The van der Waals surface area contributed by atoms with Crippen molar-refractivity contribution in [1.29, 1.82) is 0 Å². The molecule has 0 saturated heterocycles. The number of hydrogen-bond donors (Lipinski definition) is 0. The molecule has 0 bridgehead atoms. The second kappa shape index (κ2) is 14.9. The van der Waals surface area contributed by atoms with Gasteiger partial charge in [-0.1, -0.05) is 92.1 Å². The van der Waals surface area contributed by atoms with Crippen LogP contribution < -0.4 is 0 Å². The van der Waals surface area contributed by atoms with E-state index in [0.717, 1.165) is 76.7 Å². The van der Waals surface area contributed by atoms with Gasteiger partial charge in [-0.05, 0) is 107 Å². The standard InChI is InChI=1S/C41H33F5S/c42-35-20-17-32(25-38(35)45)34-19-16-31(24-37(34)44)29-12-8-27(9-13-29)6-4-2-1-3-5-7-28-10-14-30(15-11-28)40-22-23-41(47-40)33-18-21-36(43)39(46)26-33/h8-26H,1-7H2. The molecule has 0 fully saturated rings. The molecule has 0 radical (unpaired) electrons. The Labute approximate surface area is 276 Å². The number of benzene rings is 5. The first-order valence-electron chi connectivity index (χ1n) is 15.8. The Morgan fingerprint density at radius 1 is 0.340 bits per heavy atom. The predicted octanol–water partition coefficient (Wildman–Crippen LogP) is 12.8. The third-order valence-electron chi connectivity index (χ3n) is 8.47. The summed E-state index contributed by atoms with van der Waals surface area (Å²) in [4.78, 5) is 2.00. The monoisotopic (exact) mass is 652 g/mol. The molecule has 0 N–H and O–H groups in total. The molecule has 0 atom stereocenters. The van der Waals surface area contributed by atoms with Gasteiger partial charge in [0.15, 0.2) is 23.3 Å². The number of halogens is 5. The van der Waals surface area contributed by atoms with E-state index >= 15 is 0 Å². The van der Waals surface area contributed by atoms with Crippen molar-refractivity contribution in [2.24, 2.45) is 0 Å². The molecule has 0 nitrogen and oxygen atoms in total. The largest absolute Gasteiger partial charge is 0.206 e. The summed E-state index contributed by atoms with van der Waals surface area (Å²) >= 11 is 1.57. The zero-order valence-electron chi connectivity index (χ0n) is 25.7. The van der Waals surface area contributed by atoms with Crippen molar-refractivity contribution < 1.29 is 22.0 Å². The van der Waals surface area contributed by atoms with Crippen LogP contribution in [0.5, 0.6) is 0 Å². The summed E-state index contributed by atoms with van der Waals surface area (Å²) in [5, 5.41) is 0. The van der Waals surface area contributed by atoms with Crippen molar-refractivity contribution in [2.45, 2.75) is 44.9 Å². The van der Waals surface area contributed by atoms with E-state index in [2.05, 4.69) is 36.4 Å². The fourth-order valence-electron chi connectivity index (χ4n) is 5.78. The molecule has 0 aliphatic heterocycles. The minimum Gasteiger partial charge on any atom is -0.206 e. The van der Waals surface area contributed by atoms with E-state index in [1.165, 1.54) is 42.2 Å². The predicted molar refractivity (Wildman–Crippen MR) is 183 cm³/mol. The van der Waals surface area contributed by atoms with Crippen LogP contribution in [-0.2, 0) is 12.8 Å². The lowest BCUT2D eigenvalue weighted by molar-refractivity contribution is 0.509. The summed E-state index contributed by atoms with van der Waals surface area (Å²) in [7, 11) is 0. The highest BCUT2D eigenvalue weighted by molar-refractivity contribution is 7.18. The summed E-state index contributed by atoms with van der Waals surface area (Å²) in [5.41, 5.74) is 6.51. The van der Waals surface area contributed by atoms with Crippen LogP contribution in [-0.4, -0.2) is 0 Å². The minimum atomic E-state index is -0.999. The number of aryl methyl sites for hydroxylation is 2. The average Bonchev–Trinajstić information content (AvgIpc) is 3.58. The quantitative estimate of drug-likeness (QED) is 0.0912. The number of thiophene rings is 1. The maximum atomic E-state index is 14.8. The first-order chi connectivity index (χ1) is 22.8. The molecule has 47 heavy (non-hydrogen) atoms. The Kier molecular flexibility index (Phi) is 10.3. The van der Waals surface area contributed by atoms with Gasteiger partial charge in [0, 0.05) is 15.3 Å². The molecule has 5 aromatic carbocycles. The summed E-state index contributed by atoms with van der Waals surface area (Å²) < 4.78 is 68.6. The molecule has 6 heteroatoms. The molecule has 0 aliphatic rings. The minimum absolute atomic E-state index is 0.232. The van der Waals surface area contributed by atoms with Crippen LogP contribution in [0.1, 0.15) is 43.2 Å². The molecule has 238 valence electrons. The maximum Gasteiger partial charge on any atom is 0.159 e. The van der Waals surface area contributed by atoms with Crippen LogP contribution in [0.3, 0.4) is 0 Å². The molecule has 0 saturated carbocycles. The van der Waals surface area contributed by atoms with Gasteiger partial charge in [-0.3, -0.25) is 0 Å². The lowest BCUT2D eigenvalue weighted by atomic mass is 9.97. The van der Waals surface area contributed by atoms with Gasteiger partial charge in [0.05, 0.1) is 0 Å². The molecule has 0 aliphatic carbocycles. The smallest absolute Gasteiger partial charge is 0.159 e. The van der Waals surface area contributed by atoms with E-state index < -0.39 is 29.1 Å². The van der Waals surface area contributed by atoms with Gasteiger partial charge in [-0.15, -0.1) is 11.3 Å². The molecule has 6 rings (SSSR count). The lowest BCUT2D eigenvalue weighted by Gasteiger charge is -2.09. The van der Waals surface area contributed by atoms with Crippen molar-refractivity contribution in [3.05, 3.63) is 155 Å². The van der Waals surface area contributed by atoms with Crippen molar-refractivity contribution in [1.82, 2.24) is 0 Å².